The summed E-state index contributed by atoms with van der Waals surface area (Å²) >= 11 is 6.29. The molecule has 0 saturated heterocycles. The molecule has 138 valence electrons. The Morgan fingerprint density at radius 3 is 2.67 bits per heavy atom. The van der Waals surface area contributed by atoms with Crippen LogP contribution < -0.4 is 14.8 Å². The number of halogens is 2. The van der Waals surface area contributed by atoms with Gasteiger partial charge in [0.2, 0.25) is 6.20 Å². The van der Waals surface area contributed by atoms with Gasteiger partial charge in [0.15, 0.2) is 6.20 Å². The van der Waals surface area contributed by atoms with E-state index in [4.69, 9.17) is 16.3 Å². The molecule has 3 aromatic rings. The molecule has 0 fully saturated rings. The summed E-state index contributed by atoms with van der Waals surface area (Å²) in [6, 6.07) is 10.5. The molecule has 27 heavy (non-hydrogen) atoms. The molecule has 5 nitrogen and oxygen atoms in total. The second kappa shape index (κ2) is 7.63. The van der Waals surface area contributed by atoms with E-state index in [0.717, 1.165) is 5.56 Å². The number of hydrogen-bond acceptors (Lipinski definition) is 3. The minimum atomic E-state index is -0.527. The average Bonchev–Trinajstić information content (AvgIpc) is 2.56. The molecule has 0 aliphatic rings. The predicted molar refractivity (Wildman–Crippen MR) is 101 cm³/mol. The van der Waals surface area contributed by atoms with Crippen molar-refractivity contribution in [3.8, 4) is 11.5 Å². The fourth-order valence-corrected chi connectivity index (χ4v) is 2.93. The van der Waals surface area contributed by atoms with E-state index in [-0.39, 0.29) is 22.2 Å². The van der Waals surface area contributed by atoms with E-state index in [1.165, 1.54) is 36.7 Å². The number of rotatable bonds is 4. The summed E-state index contributed by atoms with van der Waals surface area (Å²) in [5.41, 5.74) is 1.81. The number of carbonyl (C=O) groups is 1. The average molecular weight is 387 g/mol. The molecule has 7 heteroatoms. The van der Waals surface area contributed by atoms with Crippen molar-refractivity contribution in [3.05, 3.63) is 87.6 Å². The molecular formula is C20H16ClFN2O3. The lowest BCUT2D eigenvalue weighted by Gasteiger charge is -2.15. The second-order valence-electron chi connectivity index (χ2n) is 6.04. The first kappa shape index (κ1) is 18.7. The highest BCUT2D eigenvalue weighted by molar-refractivity contribution is 6.35. The molecule has 0 radical (unpaired) electrons. The van der Waals surface area contributed by atoms with Crippen LogP contribution in [0.15, 0.2) is 54.9 Å². The Kier molecular flexibility index (Phi) is 5.28. The van der Waals surface area contributed by atoms with Crippen LogP contribution >= 0.6 is 11.6 Å². The SMILES string of the molecule is Cc1cc(Cl)c(C(=O)Nc2ccc[n+]([O-])c2)c(Oc2ccc(F)cc2C)c1. The van der Waals surface area contributed by atoms with Gasteiger partial charge in [0.1, 0.15) is 28.6 Å². The van der Waals surface area contributed by atoms with Crippen molar-refractivity contribution in [2.75, 3.05) is 5.32 Å². The Morgan fingerprint density at radius 2 is 1.96 bits per heavy atom. The van der Waals surface area contributed by atoms with Crippen molar-refractivity contribution in [1.82, 2.24) is 0 Å². The molecule has 1 amide bonds. The molecule has 1 heterocycles. The fraction of sp³-hybridized carbons (Fsp3) is 0.100. The molecule has 3 rings (SSSR count). The van der Waals surface area contributed by atoms with Crippen LogP contribution in [0.4, 0.5) is 10.1 Å². The lowest BCUT2D eigenvalue weighted by Crippen LogP contribution is -2.25. The van der Waals surface area contributed by atoms with Gasteiger partial charge in [-0.25, -0.2) is 4.39 Å². The van der Waals surface area contributed by atoms with Gasteiger partial charge in [0.25, 0.3) is 5.91 Å². The molecule has 0 atom stereocenters. The first-order chi connectivity index (χ1) is 12.8. The van der Waals surface area contributed by atoms with Gasteiger partial charge in [0, 0.05) is 6.07 Å². The Hall–Kier alpha value is -3.12. The first-order valence-electron chi connectivity index (χ1n) is 8.08. The number of benzene rings is 2. The number of hydrogen-bond donors (Lipinski definition) is 1. The summed E-state index contributed by atoms with van der Waals surface area (Å²) in [5, 5.41) is 14.2. The smallest absolute Gasteiger partial charge is 0.261 e. The molecule has 0 saturated carbocycles. The third kappa shape index (κ3) is 4.35. The normalized spacial score (nSPS) is 10.5. The number of aryl methyl sites for hydroxylation is 2. The van der Waals surface area contributed by atoms with Gasteiger partial charge in [-0.3, -0.25) is 4.79 Å². The summed E-state index contributed by atoms with van der Waals surface area (Å²) in [5.74, 6) is -0.265. The highest BCUT2D eigenvalue weighted by atomic mass is 35.5. The Bertz CT molecular complexity index is 1020. The van der Waals surface area contributed by atoms with Crippen molar-refractivity contribution >= 4 is 23.2 Å². The van der Waals surface area contributed by atoms with Gasteiger partial charge in [-0.1, -0.05) is 11.6 Å². The van der Waals surface area contributed by atoms with Crippen molar-refractivity contribution < 1.29 is 18.7 Å². The number of nitrogens with one attached hydrogen (secondary N) is 1. The van der Waals surface area contributed by atoms with E-state index >= 15 is 0 Å². The zero-order valence-corrected chi connectivity index (χ0v) is 15.4. The van der Waals surface area contributed by atoms with Crippen molar-refractivity contribution in [3.63, 3.8) is 0 Å². The Balaban J connectivity index is 1.98. The van der Waals surface area contributed by atoms with Crippen LogP contribution in [0.25, 0.3) is 0 Å². The van der Waals surface area contributed by atoms with Gasteiger partial charge in [-0.2, -0.15) is 4.73 Å². The van der Waals surface area contributed by atoms with E-state index in [9.17, 15) is 14.4 Å². The number of ether oxygens (including phenoxy) is 1. The zero-order valence-electron chi connectivity index (χ0n) is 14.6. The van der Waals surface area contributed by atoms with Crippen molar-refractivity contribution in [2.24, 2.45) is 0 Å². The molecule has 0 spiro atoms. The van der Waals surface area contributed by atoms with E-state index in [1.54, 1.807) is 25.1 Å². The van der Waals surface area contributed by atoms with Gasteiger partial charge in [-0.15, -0.1) is 0 Å². The van der Waals surface area contributed by atoms with Crippen LogP contribution in [-0.2, 0) is 0 Å². The number of nitrogens with zero attached hydrogens (tertiary/aromatic N) is 1. The van der Waals surface area contributed by atoms with E-state index in [1.807, 2.05) is 6.92 Å². The summed E-state index contributed by atoms with van der Waals surface area (Å²) < 4.78 is 19.8. The largest absolute Gasteiger partial charge is 0.619 e. The standard InChI is InChI=1S/C20H16ClFN2O3/c1-12-8-16(21)19(20(25)23-15-4-3-7-24(26)11-15)18(9-12)27-17-6-5-14(22)10-13(17)2/h3-11H,1-2H3,(H,23,25). The maximum absolute atomic E-state index is 13.3. The molecule has 0 aliphatic carbocycles. The predicted octanol–water partition coefficient (Wildman–Crippen LogP) is 4.77. The summed E-state index contributed by atoms with van der Waals surface area (Å²) in [4.78, 5) is 12.8. The lowest BCUT2D eigenvalue weighted by molar-refractivity contribution is -0.604. The summed E-state index contributed by atoms with van der Waals surface area (Å²) in [6.07, 6.45) is 2.53. The van der Waals surface area contributed by atoms with Gasteiger partial charge < -0.3 is 15.3 Å². The number of pyridine rings is 1. The molecule has 2 aromatic carbocycles. The fourth-order valence-electron chi connectivity index (χ4n) is 2.58. The second-order valence-corrected chi connectivity index (χ2v) is 6.45. The van der Waals surface area contributed by atoms with Crippen LogP contribution in [0.1, 0.15) is 21.5 Å². The molecule has 1 N–H and O–H groups in total. The third-order valence-corrected chi connectivity index (χ3v) is 4.11. The Labute approximate surface area is 160 Å². The number of carbonyl (C=O) groups excluding carboxylic acids is 1. The maximum Gasteiger partial charge on any atom is 0.261 e. The zero-order chi connectivity index (χ0) is 19.6. The molecule has 0 aliphatic heterocycles. The topological polar surface area (TPSA) is 65.3 Å². The van der Waals surface area contributed by atoms with Crippen LogP contribution in [0, 0.1) is 24.9 Å². The van der Waals surface area contributed by atoms with Gasteiger partial charge in [-0.05, 0) is 61.4 Å². The Morgan fingerprint density at radius 1 is 1.19 bits per heavy atom. The minimum absolute atomic E-state index is 0.118. The number of aromatic nitrogens is 1. The van der Waals surface area contributed by atoms with Crippen LogP contribution in [0.3, 0.4) is 0 Å². The first-order valence-corrected chi connectivity index (χ1v) is 8.45. The van der Waals surface area contributed by atoms with Gasteiger partial charge in [0.05, 0.1) is 5.02 Å². The van der Waals surface area contributed by atoms with E-state index in [0.29, 0.717) is 21.7 Å². The highest BCUT2D eigenvalue weighted by Crippen LogP contribution is 2.34. The highest BCUT2D eigenvalue weighted by Gasteiger charge is 2.20. The number of anilines is 1. The van der Waals surface area contributed by atoms with Crippen LogP contribution in [0.2, 0.25) is 5.02 Å². The van der Waals surface area contributed by atoms with Crippen LogP contribution in [-0.4, -0.2) is 5.91 Å². The molecule has 0 bridgehead atoms. The summed E-state index contributed by atoms with van der Waals surface area (Å²) in [6.45, 7) is 3.52. The molecule has 0 unspecified atom stereocenters. The third-order valence-electron chi connectivity index (χ3n) is 3.82. The summed E-state index contributed by atoms with van der Waals surface area (Å²) in [7, 11) is 0. The van der Waals surface area contributed by atoms with E-state index in [2.05, 4.69) is 5.32 Å². The number of amides is 1. The monoisotopic (exact) mass is 386 g/mol. The van der Waals surface area contributed by atoms with Crippen molar-refractivity contribution in [2.45, 2.75) is 13.8 Å². The quantitative estimate of drug-likeness (QED) is 0.518. The van der Waals surface area contributed by atoms with E-state index < -0.39 is 5.91 Å². The minimum Gasteiger partial charge on any atom is -0.619 e. The van der Waals surface area contributed by atoms with Gasteiger partial charge >= 0.3 is 0 Å². The van der Waals surface area contributed by atoms with Crippen LogP contribution in [0.5, 0.6) is 11.5 Å². The lowest BCUT2D eigenvalue weighted by atomic mass is 10.1. The van der Waals surface area contributed by atoms with Crippen molar-refractivity contribution in [1.29, 1.82) is 0 Å². The molecular weight excluding hydrogens is 371 g/mol. The molecule has 1 aromatic heterocycles. The maximum atomic E-state index is 13.3.